The molecule has 2 aromatic carbocycles. The molecule has 1 aromatic heterocycles. The molecule has 0 aliphatic carbocycles. The van der Waals surface area contributed by atoms with Crippen molar-refractivity contribution >= 4 is 17.6 Å². The van der Waals surface area contributed by atoms with E-state index in [0.717, 1.165) is 24.9 Å². The first-order valence-electron chi connectivity index (χ1n) is 10.6. The van der Waals surface area contributed by atoms with Gasteiger partial charge in [-0.25, -0.2) is 4.79 Å². The van der Waals surface area contributed by atoms with Crippen molar-refractivity contribution in [1.29, 1.82) is 0 Å². The number of amides is 1. The van der Waals surface area contributed by atoms with Crippen molar-refractivity contribution in [3.63, 3.8) is 0 Å². The summed E-state index contributed by atoms with van der Waals surface area (Å²) in [6.07, 6.45) is 1.71. The number of aryl methyl sites for hydroxylation is 1. The molecule has 1 fully saturated rings. The molecule has 166 valence electrons. The Kier molecular flexibility index (Phi) is 6.61. The lowest BCUT2D eigenvalue weighted by atomic mass is 9.97. The van der Waals surface area contributed by atoms with Gasteiger partial charge in [0, 0.05) is 17.8 Å². The van der Waals surface area contributed by atoms with E-state index in [9.17, 15) is 9.59 Å². The van der Waals surface area contributed by atoms with Crippen LogP contribution in [0, 0.1) is 12.8 Å². The van der Waals surface area contributed by atoms with Gasteiger partial charge in [0.2, 0.25) is 17.6 Å². The van der Waals surface area contributed by atoms with E-state index in [1.807, 2.05) is 31.2 Å². The second-order valence-electron chi connectivity index (χ2n) is 8.01. The van der Waals surface area contributed by atoms with Gasteiger partial charge in [-0.05, 0) is 44.5 Å². The molecule has 3 aromatic rings. The van der Waals surface area contributed by atoms with Gasteiger partial charge in [0.15, 0.2) is 0 Å². The molecule has 0 saturated carbocycles. The van der Waals surface area contributed by atoms with Crippen LogP contribution in [0.25, 0.3) is 11.4 Å². The Labute approximate surface area is 186 Å². The number of carbonyl (C=O) groups is 2. The monoisotopic (exact) mass is 434 g/mol. The van der Waals surface area contributed by atoms with Crippen LogP contribution in [-0.2, 0) is 16.1 Å². The van der Waals surface area contributed by atoms with Gasteiger partial charge in [0.1, 0.15) is 0 Å². The molecule has 32 heavy (non-hydrogen) atoms. The van der Waals surface area contributed by atoms with E-state index in [2.05, 4.69) is 20.4 Å². The third kappa shape index (κ3) is 5.20. The van der Waals surface area contributed by atoms with Crippen molar-refractivity contribution in [2.75, 3.05) is 25.5 Å². The topological polar surface area (TPSA) is 97.6 Å². The minimum absolute atomic E-state index is 0.0670. The van der Waals surface area contributed by atoms with Crippen LogP contribution >= 0.6 is 0 Å². The number of nitrogens with one attached hydrogen (secondary N) is 1. The fourth-order valence-electron chi connectivity index (χ4n) is 3.83. The first kappa shape index (κ1) is 21.7. The van der Waals surface area contributed by atoms with E-state index >= 15 is 0 Å². The Morgan fingerprint density at radius 2 is 2.03 bits per heavy atom. The summed E-state index contributed by atoms with van der Waals surface area (Å²) >= 11 is 0. The zero-order valence-electron chi connectivity index (χ0n) is 18.2. The van der Waals surface area contributed by atoms with Crippen molar-refractivity contribution in [2.24, 2.45) is 5.92 Å². The van der Waals surface area contributed by atoms with Crippen molar-refractivity contribution in [2.45, 2.75) is 26.3 Å². The first-order valence-corrected chi connectivity index (χ1v) is 10.6. The number of hydrogen-bond acceptors (Lipinski definition) is 7. The standard InChI is InChI=1S/C24H26N4O4/c1-16-8-10-17(11-9-16)22-26-21(32-27-22)15-28-12-4-6-19(14-28)23(29)25-20-7-3-5-18(13-20)24(30)31-2/h3,5,7-11,13,19H,4,6,12,14-15H2,1-2H3,(H,25,29). The summed E-state index contributed by atoms with van der Waals surface area (Å²) in [5.41, 5.74) is 3.06. The summed E-state index contributed by atoms with van der Waals surface area (Å²) in [5.74, 6) is 0.436. The predicted molar refractivity (Wildman–Crippen MR) is 119 cm³/mol. The number of esters is 1. The summed E-state index contributed by atoms with van der Waals surface area (Å²) in [7, 11) is 1.33. The molecule has 8 heteroatoms. The van der Waals surface area contributed by atoms with Crippen LogP contribution in [0.15, 0.2) is 53.1 Å². The maximum Gasteiger partial charge on any atom is 0.337 e. The molecular formula is C24H26N4O4. The van der Waals surface area contributed by atoms with E-state index in [1.165, 1.54) is 12.7 Å². The van der Waals surface area contributed by atoms with Gasteiger partial charge >= 0.3 is 5.97 Å². The van der Waals surface area contributed by atoms with Crippen molar-refractivity contribution < 1.29 is 18.8 Å². The van der Waals surface area contributed by atoms with Crippen LogP contribution in [0.1, 0.15) is 34.7 Å². The van der Waals surface area contributed by atoms with Crippen molar-refractivity contribution in [1.82, 2.24) is 15.0 Å². The number of rotatable bonds is 6. The quantitative estimate of drug-likeness (QED) is 0.591. The van der Waals surface area contributed by atoms with Gasteiger partial charge < -0.3 is 14.6 Å². The molecule has 0 spiro atoms. The van der Waals surface area contributed by atoms with E-state index in [-0.39, 0.29) is 11.8 Å². The molecule has 1 amide bonds. The van der Waals surface area contributed by atoms with Gasteiger partial charge in [-0.15, -0.1) is 0 Å². The highest BCUT2D eigenvalue weighted by atomic mass is 16.5. The molecule has 1 saturated heterocycles. The molecule has 0 radical (unpaired) electrons. The Bertz CT molecular complexity index is 1090. The van der Waals surface area contributed by atoms with Crippen LogP contribution in [0.5, 0.6) is 0 Å². The smallest absolute Gasteiger partial charge is 0.337 e. The van der Waals surface area contributed by atoms with Crippen LogP contribution in [0.3, 0.4) is 0 Å². The average Bonchev–Trinajstić information content (AvgIpc) is 3.27. The molecule has 0 bridgehead atoms. The van der Waals surface area contributed by atoms with E-state index < -0.39 is 5.97 Å². The lowest BCUT2D eigenvalue weighted by Gasteiger charge is -2.30. The van der Waals surface area contributed by atoms with Crippen LogP contribution < -0.4 is 5.32 Å². The van der Waals surface area contributed by atoms with E-state index in [0.29, 0.717) is 36.1 Å². The number of carbonyl (C=O) groups excluding carboxylic acids is 2. The second-order valence-corrected chi connectivity index (χ2v) is 8.01. The molecule has 1 aliphatic heterocycles. The highest BCUT2D eigenvalue weighted by Gasteiger charge is 2.27. The van der Waals surface area contributed by atoms with Crippen LogP contribution in [-0.4, -0.2) is 47.1 Å². The molecular weight excluding hydrogens is 408 g/mol. The van der Waals surface area contributed by atoms with Crippen LogP contribution in [0.2, 0.25) is 0 Å². The van der Waals surface area contributed by atoms with Gasteiger partial charge in [-0.3, -0.25) is 9.69 Å². The second kappa shape index (κ2) is 9.74. The third-order valence-electron chi connectivity index (χ3n) is 5.56. The highest BCUT2D eigenvalue weighted by Crippen LogP contribution is 2.22. The van der Waals surface area contributed by atoms with Gasteiger partial charge in [0.25, 0.3) is 0 Å². The molecule has 1 aliphatic rings. The molecule has 2 heterocycles. The number of anilines is 1. The largest absolute Gasteiger partial charge is 0.465 e. The molecule has 1 N–H and O–H groups in total. The summed E-state index contributed by atoms with van der Waals surface area (Å²) < 4.78 is 10.2. The van der Waals surface area contributed by atoms with E-state index in [4.69, 9.17) is 9.26 Å². The van der Waals surface area contributed by atoms with Crippen molar-refractivity contribution in [3.8, 4) is 11.4 Å². The molecule has 8 nitrogen and oxygen atoms in total. The number of hydrogen-bond donors (Lipinski definition) is 1. The summed E-state index contributed by atoms with van der Waals surface area (Å²) in [6, 6.07) is 14.7. The fourth-order valence-corrected chi connectivity index (χ4v) is 3.83. The number of ether oxygens (including phenoxy) is 1. The van der Waals surface area contributed by atoms with Crippen molar-refractivity contribution in [3.05, 3.63) is 65.5 Å². The number of piperidine rings is 1. The fraction of sp³-hybridized carbons (Fsp3) is 0.333. The lowest BCUT2D eigenvalue weighted by molar-refractivity contribution is -0.121. The van der Waals surface area contributed by atoms with Crippen LogP contribution in [0.4, 0.5) is 5.69 Å². The maximum absolute atomic E-state index is 12.8. The molecule has 1 unspecified atom stereocenters. The minimum atomic E-state index is -0.436. The molecule has 1 atom stereocenters. The summed E-state index contributed by atoms with van der Waals surface area (Å²) in [4.78, 5) is 31.2. The van der Waals surface area contributed by atoms with Gasteiger partial charge in [-0.2, -0.15) is 4.98 Å². The normalized spacial score (nSPS) is 16.5. The maximum atomic E-state index is 12.8. The Balaban J connectivity index is 1.36. The summed E-state index contributed by atoms with van der Waals surface area (Å²) in [6.45, 7) is 4.00. The Morgan fingerprint density at radius 3 is 2.81 bits per heavy atom. The lowest BCUT2D eigenvalue weighted by Crippen LogP contribution is -2.40. The number of aromatic nitrogens is 2. The SMILES string of the molecule is COC(=O)c1cccc(NC(=O)C2CCCN(Cc3nc(-c4ccc(C)cc4)no3)C2)c1. The van der Waals surface area contributed by atoms with Gasteiger partial charge in [-0.1, -0.05) is 41.1 Å². The number of benzene rings is 2. The minimum Gasteiger partial charge on any atom is -0.465 e. The Morgan fingerprint density at radius 1 is 1.22 bits per heavy atom. The average molecular weight is 434 g/mol. The van der Waals surface area contributed by atoms with E-state index in [1.54, 1.807) is 24.3 Å². The number of likely N-dealkylation sites (tertiary alicyclic amines) is 1. The zero-order chi connectivity index (χ0) is 22.5. The molecule has 4 rings (SSSR count). The predicted octanol–water partition coefficient (Wildman–Crippen LogP) is 3.68. The first-order chi connectivity index (χ1) is 15.5. The summed E-state index contributed by atoms with van der Waals surface area (Å²) in [5, 5.41) is 7.01. The number of nitrogens with zero attached hydrogens (tertiary/aromatic N) is 3. The van der Waals surface area contributed by atoms with Gasteiger partial charge in [0.05, 0.1) is 25.1 Å². The Hall–Kier alpha value is -3.52. The number of methoxy groups -OCH3 is 1. The highest BCUT2D eigenvalue weighted by molar-refractivity contribution is 5.95. The third-order valence-corrected chi connectivity index (χ3v) is 5.56. The zero-order valence-corrected chi connectivity index (χ0v) is 18.2.